The van der Waals surface area contributed by atoms with Crippen LogP contribution in [0.25, 0.3) is 5.69 Å². The molecule has 1 aliphatic rings. The highest BCUT2D eigenvalue weighted by Crippen LogP contribution is 2.28. The Bertz CT molecular complexity index is 579. The molecule has 1 heterocycles. The molecular weight excluding hydrogens is 256 g/mol. The number of rotatable bonds is 6. The van der Waals surface area contributed by atoms with E-state index < -0.39 is 0 Å². The topological polar surface area (TPSA) is 17.0 Å². The minimum absolute atomic E-state index is 0.985. The molecule has 0 amide bonds. The number of para-hydroxylation sites is 1. The third-order valence-corrected chi connectivity index (χ3v) is 4.82. The summed E-state index contributed by atoms with van der Waals surface area (Å²) in [5.41, 5.74) is 5.35. The van der Waals surface area contributed by atoms with E-state index in [2.05, 4.69) is 60.1 Å². The van der Waals surface area contributed by atoms with Gasteiger partial charge in [-0.3, -0.25) is 0 Å². The van der Waals surface area contributed by atoms with Crippen LogP contribution in [0.2, 0.25) is 0 Å². The molecule has 0 saturated heterocycles. The maximum Gasteiger partial charge on any atom is 0.0455 e. The fourth-order valence-corrected chi connectivity index (χ4v) is 3.29. The van der Waals surface area contributed by atoms with E-state index in [1.165, 1.54) is 48.3 Å². The highest BCUT2D eigenvalue weighted by Gasteiger charge is 2.16. The minimum Gasteiger partial charge on any atom is -0.318 e. The Balaban J connectivity index is 1.63. The number of nitrogens with one attached hydrogen (secondary N) is 1. The van der Waals surface area contributed by atoms with Crippen molar-refractivity contribution in [3.63, 3.8) is 0 Å². The molecule has 0 unspecified atom stereocenters. The van der Waals surface area contributed by atoms with Crippen molar-refractivity contribution in [2.24, 2.45) is 5.92 Å². The molecule has 1 N–H and O–H groups in total. The zero-order valence-corrected chi connectivity index (χ0v) is 13.2. The molecule has 0 atom stereocenters. The van der Waals surface area contributed by atoms with Crippen LogP contribution in [-0.2, 0) is 6.54 Å². The predicted molar refractivity (Wildman–Crippen MR) is 88.9 cm³/mol. The summed E-state index contributed by atoms with van der Waals surface area (Å²) in [4.78, 5) is 0. The fraction of sp³-hybridized carbons (Fsp3) is 0.474. The summed E-state index contributed by atoms with van der Waals surface area (Å²) in [5, 5.41) is 3.62. The van der Waals surface area contributed by atoms with Gasteiger partial charge in [0.25, 0.3) is 0 Å². The summed E-state index contributed by atoms with van der Waals surface area (Å²) in [5.74, 6) is 0.995. The second kappa shape index (κ2) is 6.48. The molecule has 1 fully saturated rings. The molecule has 1 aliphatic carbocycles. The molecule has 1 saturated carbocycles. The van der Waals surface area contributed by atoms with Crippen LogP contribution in [0.5, 0.6) is 0 Å². The second-order valence-corrected chi connectivity index (χ2v) is 6.33. The van der Waals surface area contributed by atoms with Crippen LogP contribution in [0.3, 0.4) is 0 Å². The average molecular weight is 282 g/mol. The predicted octanol–water partition coefficient (Wildman–Crippen LogP) is 4.37. The Morgan fingerprint density at radius 3 is 2.57 bits per heavy atom. The molecule has 0 aliphatic heterocycles. The quantitative estimate of drug-likeness (QED) is 0.778. The molecule has 2 aromatic rings. The van der Waals surface area contributed by atoms with Gasteiger partial charge in [-0.05, 0) is 56.5 Å². The molecule has 2 heteroatoms. The van der Waals surface area contributed by atoms with Gasteiger partial charge in [-0.2, -0.15) is 0 Å². The van der Waals surface area contributed by atoms with Crippen LogP contribution in [-0.4, -0.2) is 11.1 Å². The first-order valence-corrected chi connectivity index (χ1v) is 8.19. The summed E-state index contributed by atoms with van der Waals surface area (Å²) in [6.07, 6.45) is 5.69. The lowest BCUT2D eigenvalue weighted by Gasteiger charge is -2.25. The molecule has 2 nitrogen and oxygen atoms in total. The summed E-state index contributed by atoms with van der Waals surface area (Å²) in [7, 11) is 0. The van der Waals surface area contributed by atoms with Gasteiger partial charge in [0.15, 0.2) is 0 Å². The Labute approximate surface area is 128 Å². The van der Waals surface area contributed by atoms with Crippen molar-refractivity contribution in [3.05, 3.63) is 53.3 Å². The number of aromatic nitrogens is 1. The van der Waals surface area contributed by atoms with Gasteiger partial charge in [-0.1, -0.05) is 37.5 Å². The van der Waals surface area contributed by atoms with Crippen LogP contribution in [0.15, 0.2) is 36.4 Å². The lowest BCUT2D eigenvalue weighted by atomic mass is 9.83. The molecule has 21 heavy (non-hydrogen) atoms. The van der Waals surface area contributed by atoms with Gasteiger partial charge in [-0.25, -0.2) is 0 Å². The first kappa shape index (κ1) is 14.4. The number of hydrogen-bond donors (Lipinski definition) is 1. The van der Waals surface area contributed by atoms with Crippen molar-refractivity contribution in [3.8, 4) is 5.69 Å². The van der Waals surface area contributed by atoms with Gasteiger partial charge in [0.1, 0.15) is 0 Å². The summed E-state index contributed by atoms with van der Waals surface area (Å²) in [6.45, 7) is 6.56. The molecule has 0 bridgehead atoms. The van der Waals surface area contributed by atoms with E-state index in [-0.39, 0.29) is 0 Å². The van der Waals surface area contributed by atoms with Crippen molar-refractivity contribution in [1.29, 1.82) is 0 Å². The maximum atomic E-state index is 3.62. The van der Waals surface area contributed by atoms with Crippen molar-refractivity contribution < 1.29 is 0 Å². The van der Waals surface area contributed by atoms with Crippen molar-refractivity contribution in [1.82, 2.24) is 9.88 Å². The monoisotopic (exact) mass is 282 g/mol. The van der Waals surface area contributed by atoms with Gasteiger partial charge in [-0.15, -0.1) is 0 Å². The summed E-state index contributed by atoms with van der Waals surface area (Å²) in [6, 6.07) is 12.9. The Morgan fingerprint density at radius 1 is 1.14 bits per heavy atom. The lowest BCUT2D eigenvalue weighted by Crippen LogP contribution is -2.21. The van der Waals surface area contributed by atoms with Gasteiger partial charge in [0, 0.05) is 23.6 Å². The van der Waals surface area contributed by atoms with E-state index >= 15 is 0 Å². The SMILES string of the molecule is Cc1cc(CNCCC2CCC2)c(C)n1-c1ccccc1. The molecule has 0 radical (unpaired) electrons. The van der Waals surface area contributed by atoms with E-state index in [0.29, 0.717) is 0 Å². The van der Waals surface area contributed by atoms with Crippen molar-refractivity contribution in [2.75, 3.05) is 6.54 Å². The molecule has 3 rings (SSSR count). The second-order valence-electron chi connectivity index (χ2n) is 6.33. The standard InChI is InChI=1S/C19H26N2/c1-15-13-18(14-20-12-11-17-7-6-8-17)16(2)21(15)19-9-4-3-5-10-19/h3-5,9-10,13,17,20H,6-8,11-12,14H2,1-2H3. The van der Waals surface area contributed by atoms with Gasteiger partial charge in [0.2, 0.25) is 0 Å². The summed E-state index contributed by atoms with van der Waals surface area (Å²) >= 11 is 0. The number of aryl methyl sites for hydroxylation is 1. The van der Waals surface area contributed by atoms with Crippen LogP contribution >= 0.6 is 0 Å². The van der Waals surface area contributed by atoms with Crippen LogP contribution in [0.1, 0.15) is 42.6 Å². The Kier molecular flexibility index (Phi) is 4.45. The molecule has 112 valence electrons. The third kappa shape index (κ3) is 3.21. The van der Waals surface area contributed by atoms with E-state index in [4.69, 9.17) is 0 Å². The van der Waals surface area contributed by atoms with E-state index in [0.717, 1.165) is 19.0 Å². The van der Waals surface area contributed by atoms with Crippen LogP contribution in [0, 0.1) is 19.8 Å². The smallest absolute Gasteiger partial charge is 0.0455 e. The van der Waals surface area contributed by atoms with Crippen LogP contribution < -0.4 is 5.32 Å². The van der Waals surface area contributed by atoms with Gasteiger partial charge >= 0.3 is 0 Å². The van der Waals surface area contributed by atoms with Crippen molar-refractivity contribution >= 4 is 0 Å². The van der Waals surface area contributed by atoms with Crippen molar-refractivity contribution in [2.45, 2.75) is 46.1 Å². The fourth-order valence-electron chi connectivity index (χ4n) is 3.29. The maximum absolute atomic E-state index is 3.62. The van der Waals surface area contributed by atoms with E-state index in [1.54, 1.807) is 0 Å². The molecular formula is C19H26N2. The van der Waals surface area contributed by atoms with E-state index in [1.807, 2.05) is 0 Å². The zero-order valence-electron chi connectivity index (χ0n) is 13.2. The van der Waals surface area contributed by atoms with E-state index in [9.17, 15) is 0 Å². The zero-order chi connectivity index (χ0) is 14.7. The highest BCUT2D eigenvalue weighted by atomic mass is 15.0. The van der Waals surface area contributed by atoms with Gasteiger partial charge in [0.05, 0.1) is 0 Å². The normalized spacial score (nSPS) is 15.1. The molecule has 1 aromatic heterocycles. The first-order chi connectivity index (χ1) is 10.3. The number of benzene rings is 1. The lowest BCUT2D eigenvalue weighted by molar-refractivity contribution is 0.292. The van der Waals surface area contributed by atoms with Gasteiger partial charge < -0.3 is 9.88 Å². The average Bonchev–Trinajstić information content (AvgIpc) is 2.72. The number of hydrogen-bond acceptors (Lipinski definition) is 1. The molecule has 1 aromatic carbocycles. The van der Waals surface area contributed by atoms with Crippen LogP contribution in [0.4, 0.5) is 0 Å². The Morgan fingerprint density at radius 2 is 1.90 bits per heavy atom. The Hall–Kier alpha value is -1.54. The molecule has 0 spiro atoms. The summed E-state index contributed by atoms with van der Waals surface area (Å²) < 4.78 is 2.35. The third-order valence-electron chi connectivity index (χ3n) is 4.82. The number of nitrogens with zero attached hydrogens (tertiary/aromatic N) is 1. The largest absolute Gasteiger partial charge is 0.318 e. The minimum atomic E-state index is 0.985. The highest BCUT2D eigenvalue weighted by molar-refractivity contribution is 5.40. The first-order valence-electron chi connectivity index (χ1n) is 8.19.